The van der Waals surface area contributed by atoms with Gasteiger partial charge in [-0.3, -0.25) is 0 Å². The highest BCUT2D eigenvalue weighted by atomic mass is 32.2. The van der Waals surface area contributed by atoms with Crippen LogP contribution in [0.1, 0.15) is 18.4 Å². The molecule has 0 atom stereocenters. The number of rotatable bonds is 7. The van der Waals surface area contributed by atoms with Crippen LogP contribution in [-0.2, 0) is 6.42 Å². The normalized spacial score (nSPS) is 14.7. The van der Waals surface area contributed by atoms with Gasteiger partial charge in [0.1, 0.15) is 11.9 Å². The van der Waals surface area contributed by atoms with Crippen LogP contribution in [0.3, 0.4) is 0 Å². The van der Waals surface area contributed by atoms with E-state index in [1.807, 2.05) is 36.5 Å². The quantitative estimate of drug-likeness (QED) is 0.600. The summed E-state index contributed by atoms with van der Waals surface area (Å²) in [6.45, 7) is 1.21. The molecule has 8 nitrogen and oxygen atoms in total. The maximum absolute atomic E-state index is 12.4. The van der Waals surface area contributed by atoms with Crippen molar-refractivity contribution in [2.24, 2.45) is 0 Å². The minimum atomic E-state index is -0.316. The second kappa shape index (κ2) is 9.51. The Morgan fingerprint density at radius 3 is 2.72 bits per heavy atom. The van der Waals surface area contributed by atoms with Crippen LogP contribution in [0, 0.1) is 0 Å². The number of aromatic amines is 1. The Kier molecular flexibility index (Phi) is 6.35. The number of thioether (sulfide) groups is 1. The van der Waals surface area contributed by atoms with Gasteiger partial charge in [-0.05, 0) is 30.2 Å². The maximum atomic E-state index is 12.4. The average Bonchev–Trinajstić information content (AvgIpc) is 3.44. The van der Waals surface area contributed by atoms with Crippen LogP contribution in [0.25, 0.3) is 0 Å². The number of carbonyl (C=O) groups excluding carboxylic acids is 1. The summed E-state index contributed by atoms with van der Waals surface area (Å²) in [5, 5.41) is 4.97. The van der Waals surface area contributed by atoms with Crippen molar-refractivity contribution < 1.29 is 14.4 Å². The highest BCUT2D eigenvalue weighted by Gasteiger charge is 2.25. The number of H-pyrrole nitrogens is 1. The number of likely N-dealkylation sites (tertiary alicyclic amines) is 1. The summed E-state index contributed by atoms with van der Waals surface area (Å²) >= 11 is 1.68. The highest BCUT2D eigenvalue weighted by Crippen LogP contribution is 2.19. The van der Waals surface area contributed by atoms with Gasteiger partial charge in [-0.25, -0.2) is 9.78 Å². The van der Waals surface area contributed by atoms with Gasteiger partial charge in [0.2, 0.25) is 0 Å². The third-order valence-electron chi connectivity index (χ3n) is 4.67. The summed E-state index contributed by atoms with van der Waals surface area (Å²) in [6, 6.07) is 9.50. The zero-order valence-corrected chi connectivity index (χ0v) is 16.8. The summed E-state index contributed by atoms with van der Waals surface area (Å²) in [7, 11) is 0. The molecule has 4 rings (SSSR count). The maximum Gasteiger partial charge on any atom is 0.415 e. The van der Waals surface area contributed by atoms with Gasteiger partial charge in [0.05, 0.1) is 12.4 Å². The molecule has 29 heavy (non-hydrogen) atoms. The number of hydrogen-bond acceptors (Lipinski definition) is 6. The van der Waals surface area contributed by atoms with Crippen LogP contribution in [0.4, 0.5) is 4.79 Å². The molecule has 0 spiro atoms. The van der Waals surface area contributed by atoms with Crippen LogP contribution in [-0.4, -0.2) is 55.9 Å². The first-order chi connectivity index (χ1) is 14.3. The molecule has 1 aliphatic heterocycles. The molecule has 1 fully saturated rings. The number of amides is 1. The Bertz CT molecular complexity index is 876. The number of ether oxygens (including phenoxy) is 1. The first-order valence-corrected chi connectivity index (χ1v) is 10.6. The molecule has 152 valence electrons. The molecule has 0 radical (unpaired) electrons. The van der Waals surface area contributed by atoms with Gasteiger partial charge in [-0.15, -0.1) is 9.94 Å². The number of nitrogens with zero attached hydrogens (tertiary/aromatic N) is 4. The van der Waals surface area contributed by atoms with E-state index in [4.69, 9.17) is 9.57 Å². The summed E-state index contributed by atoms with van der Waals surface area (Å²) in [5.74, 6) is 1.50. The van der Waals surface area contributed by atoms with Gasteiger partial charge >= 0.3 is 6.09 Å². The number of benzene rings is 1. The largest absolute Gasteiger partial charge is 0.415 e. The Morgan fingerprint density at radius 2 is 2.03 bits per heavy atom. The van der Waals surface area contributed by atoms with Gasteiger partial charge in [0.25, 0.3) is 0 Å². The molecule has 0 aliphatic carbocycles. The lowest BCUT2D eigenvalue weighted by Gasteiger charge is -2.30. The topological polar surface area (TPSA) is 85.3 Å². The first kappa shape index (κ1) is 19.4. The molecule has 2 aromatic heterocycles. The van der Waals surface area contributed by atoms with Gasteiger partial charge in [-0.2, -0.15) is 0 Å². The van der Waals surface area contributed by atoms with Gasteiger partial charge in [0, 0.05) is 44.1 Å². The number of aryl methyl sites for hydroxylation is 1. The second-order valence-corrected chi connectivity index (χ2v) is 7.79. The van der Waals surface area contributed by atoms with E-state index in [2.05, 4.69) is 15.1 Å². The summed E-state index contributed by atoms with van der Waals surface area (Å²) in [6.07, 6.45) is 9.17. The van der Waals surface area contributed by atoms with Crippen LogP contribution in [0.5, 0.6) is 5.75 Å². The SMILES string of the molecule is O=C(Oc1ccc(CCSc2ncc[nH]2)cc1)N1CCC(On2cccn2)CC1. The number of nitrogens with one attached hydrogen (secondary N) is 1. The standard InChI is InChI=1S/C20H23N5O3S/c26-20(24-13-6-18(7-14-24)28-25-12-1-9-23-25)27-17-4-2-16(3-5-17)8-15-29-19-21-10-11-22-19/h1-5,9-12,18H,6-8,13-15H2,(H,21,22). The molecule has 1 aromatic carbocycles. The molecule has 1 saturated heterocycles. The lowest BCUT2D eigenvalue weighted by molar-refractivity contribution is -0.0162. The third kappa shape index (κ3) is 5.54. The summed E-state index contributed by atoms with van der Waals surface area (Å²) < 4.78 is 5.52. The molecule has 3 heterocycles. The zero-order valence-electron chi connectivity index (χ0n) is 15.9. The van der Waals surface area contributed by atoms with E-state index in [9.17, 15) is 4.79 Å². The van der Waals surface area contributed by atoms with E-state index < -0.39 is 0 Å². The van der Waals surface area contributed by atoms with Gasteiger partial charge in [-0.1, -0.05) is 23.9 Å². The van der Waals surface area contributed by atoms with Crippen molar-refractivity contribution in [2.75, 3.05) is 18.8 Å². The third-order valence-corrected chi connectivity index (χ3v) is 5.57. The molecule has 9 heteroatoms. The summed E-state index contributed by atoms with van der Waals surface area (Å²) in [5.41, 5.74) is 1.19. The van der Waals surface area contributed by atoms with E-state index >= 15 is 0 Å². The van der Waals surface area contributed by atoms with Crippen molar-refractivity contribution in [2.45, 2.75) is 30.5 Å². The highest BCUT2D eigenvalue weighted by molar-refractivity contribution is 7.99. The molecular formula is C20H23N5O3S. The van der Waals surface area contributed by atoms with Crippen molar-refractivity contribution in [3.63, 3.8) is 0 Å². The van der Waals surface area contributed by atoms with Crippen LogP contribution in [0.2, 0.25) is 0 Å². The lowest BCUT2D eigenvalue weighted by Crippen LogP contribution is -2.44. The zero-order chi connectivity index (χ0) is 19.9. The Labute approximate surface area is 173 Å². The van der Waals surface area contributed by atoms with Crippen LogP contribution >= 0.6 is 11.8 Å². The fourth-order valence-electron chi connectivity index (χ4n) is 3.10. The van der Waals surface area contributed by atoms with Gasteiger partial charge < -0.3 is 19.5 Å². The van der Waals surface area contributed by atoms with E-state index in [0.717, 1.165) is 30.2 Å². The molecule has 0 bridgehead atoms. The minimum absolute atomic E-state index is 0.0530. The Hall–Kier alpha value is -2.94. The molecule has 3 aromatic rings. The summed E-state index contributed by atoms with van der Waals surface area (Å²) in [4.78, 5) is 28.6. The van der Waals surface area contributed by atoms with Crippen molar-refractivity contribution in [3.8, 4) is 5.75 Å². The monoisotopic (exact) mass is 413 g/mol. The number of piperidine rings is 1. The first-order valence-electron chi connectivity index (χ1n) is 9.61. The van der Waals surface area contributed by atoms with Crippen molar-refractivity contribution in [1.82, 2.24) is 24.8 Å². The number of aromatic nitrogens is 4. The van der Waals surface area contributed by atoms with Crippen molar-refractivity contribution in [3.05, 3.63) is 60.7 Å². The fourth-order valence-corrected chi connectivity index (χ4v) is 3.92. The molecular weight excluding hydrogens is 390 g/mol. The predicted molar refractivity (Wildman–Crippen MR) is 109 cm³/mol. The second-order valence-electron chi connectivity index (χ2n) is 6.71. The Morgan fingerprint density at radius 1 is 1.21 bits per heavy atom. The fraction of sp³-hybridized carbons (Fsp3) is 0.350. The molecule has 0 unspecified atom stereocenters. The van der Waals surface area contributed by atoms with Crippen LogP contribution in [0.15, 0.2) is 60.3 Å². The predicted octanol–water partition coefficient (Wildman–Crippen LogP) is 3.03. The van der Waals surface area contributed by atoms with E-state index in [0.29, 0.717) is 18.8 Å². The molecule has 1 aliphatic rings. The molecule has 1 amide bonds. The number of carbonyl (C=O) groups is 1. The van der Waals surface area contributed by atoms with Crippen LogP contribution < -0.4 is 9.57 Å². The van der Waals surface area contributed by atoms with E-state index in [-0.39, 0.29) is 12.2 Å². The van der Waals surface area contributed by atoms with E-state index in [1.54, 1.807) is 35.3 Å². The number of imidazole rings is 1. The van der Waals surface area contributed by atoms with Crippen molar-refractivity contribution in [1.29, 1.82) is 0 Å². The lowest BCUT2D eigenvalue weighted by atomic mass is 10.1. The molecule has 0 saturated carbocycles. The molecule has 1 N–H and O–H groups in total. The van der Waals surface area contributed by atoms with Gasteiger partial charge in [0.15, 0.2) is 5.16 Å². The minimum Gasteiger partial charge on any atom is -0.410 e. The smallest absolute Gasteiger partial charge is 0.410 e. The van der Waals surface area contributed by atoms with Crippen molar-refractivity contribution >= 4 is 17.9 Å². The number of hydrogen-bond donors (Lipinski definition) is 1. The Balaban J connectivity index is 1.19. The average molecular weight is 414 g/mol. The van der Waals surface area contributed by atoms with E-state index in [1.165, 1.54) is 10.4 Å².